The van der Waals surface area contributed by atoms with Gasteiger partial charge in [-0.3, -0.25) is 4.72 Å². The summed E-state index contributed by atoms with van der Waals surface area (Å²) in [6.07, 6.45) is 0.769. The number of hydrogen-bond acceptors (Lipinski definition) is 3. The summed E-state index contributed by atoms with van der Waals surface area (Å²) >= 11 is 10.2. The molecule has 0 atom stereocenters. The molecule has 0 saturated carbocycles. The molecule has 0 saturated heterocycles. The lowest BCUT2D eigenvalue weighted by atomic mass is 10.2. The monoisotopic (exact) mass is 393 g/mol. The van der Waals surface area contributed by atoms with Crippen LogP contribution in [-0.2, 0) is 16.4 Å². The van der Waals surface area contributed by atoms with Crippen molar-refractivity contribution in [2.75, 3.05) is 10.6 Å². The van der Waals surface area contributed by atoms with Gasteiger partial charge in [0.1, 0.15) is 4.21 Å². The molecule has 1 N–H and O–H groups in total. The van der Waals surface area contributed by atoms with Crippen molar-refractivity contribution in [3.05, 3.63) is 45.2 Å². The van der Waals surface area contributed by atoms with Crippen LogP contribution in [0.3, 0.4) is 0 Å². The molecule has 1 aromatic heterocycles. The van der Waals surface area contributed by atoms with Crippen molar-refractivity contribution in [3.63, 3.8) is 0 Å². The maximum atomic E-state index is 12.2. The Hall–Kier alpha value is -0.560. The van der Waals surface area contributed by atoms with Crippen LogP contribution in [0.1, 0.15) is 11.1 Å². The molecule has 108 valence electrons. The van der Waals surface area contributed by atoms with Gasteiger partial charge < -0.3 is 0 Å². The van der Waals surface area contributed by atoms with Gasteiger partial charge in [-0.15, -0.1) is 22.9 Å². The summed E-state index contributed by atoms with van der Waals surface area (Å²) in [5.41, 5.74) is 2.54. The molecule has 7 heteroatoms. The fourth-order valence-corrected chi connectivity index (χ4v) is 5.12. The third-order valence-corrected chi connectivity index (χ3v) is 6.87. The highest BCUT2D eigenvalue weighted by atomic mass is 79.9. The van der Waals surface area contributed by atoms with Gasteiger partial charge in [0, 0.05) is 11.6 Å². The van der Waals surface area contributed by atoms with Gasteiger partial charge in [-0.25, -0.2) is 8.42 Å². The van der Waals surface area contributed by atoms with Crippen LogP contribution in [0.25, 0.3) is 0 Å². The molecule has 3 nitrogen and oxygen atoms in total. The third kappa shape index (κ3) is 3.75. The lowest BCUT2D eigenvalue weighted by Crippen LogP contribution is -2.11. The molecule has 0 aliphatic rings. The van der Waals surface area contributed by atoms with Crippen LogP contribution in [-0.4, -0.2) is 14.3 Å². The van der Waals surface area contributed by atoms with Crippen molar-refractivity contribution in [1.29, 1.82) is 0 Å². The van der Waals surface area contributed by atoms with Crippen LogP contribution in [0.15, 0.2) is 38.3 Å². The number of aryl methyl sites for hydroxylation is 2. The first-order chi connectivity index (χ1) is 9.42. The Balaban J connectivity index is 2.19. The predicted molar refractivity (Wildman–Crippen MR) is 88.4 cm³/mol. The van der Waals surface area contributed by atoms with E-state index in [4.69, 9.17) is 11.6 Å². The summed E-state index contributed by atoms with van der Waals surface area (Å²) in [6.45, 7) is 1.86. The van der Waals surface area contributed by atoms with Crippen LogP contribution < -0.4 is 4.72 Å². The number of rotatable bonds is 5. The van der Waals surface area contributed by atoms with Gasteiger partial charge in [-0.2, -0.15) is 0 Å². The van der Waals surface area contributed by atoms with Gasteiger partial charge in [0.05, 0.1) is 3.79 Å². The maximum Gasteiger partial charge on any atom is 0.271 e. The van der Waals surface area contributed by atoms with Crippen molar-refractivity contribution in [2.45, 2.75) is 17.6 Å². The second-order valence-corrected chi connectivity index (χ2v) is 8.92. The number of hydrogen-bond donors (Lipinski definition) is 1. The van der Waals surface area contributed by atoms with E-state index in [1.165, 1.54) is 11.3 Å². The molecule has 0 spiro atoms. The molecule has 0 radical (unpaired) electrons. The molecule has 0 unspecified atom stereocenters. The highest BCUT2D eigenvalue weighted by Crippen LogP contribution is 2.31. The van der Waals surface area contributed by atoms with E-state index in [1.807, 2.05) is 19.1 Å². The second kappa shape index (κ2) is 6.47. The van der Waals surface area contributed by atoms with Gasteiger partial charge in [0.2, 0.25) is 0 Å². The maximum absolute atomic E-state index is 12.2. The van der Waals surface area contributed by atoms with E-state index in [2.05, 4.69) is 20.7 Å². The Morgan fingerprint density at radius 3 is 2.45 bits per heavy atom. The van der Waals surface area contributed by atoms with Crippen LogP contribution in [0, 0.1) is 6.92 Å². The van der Waals surface area contributed by atoms with E-state index in [-0.39, 0.29) is 0 Å². The Labute approximate surface area is 136 Å². The number of anilines is 1. The standard InChI is InChI=1S/C13H13BrClNO2S2/c1-9-8-12(19-13(9)14)20(17,18)16-11-4-2-10(3-5-11)6-7-15/h2-5,8,16H,6-7H2,1H3. The van der Waals surface area contributed by atoms with Gasteiger partial charge >= 0.3 is 0 Å². The lowest BCUT2D eigenvalue weighted by Gasteiger charge is -2.07. The minimum Gasteiger partial charge on any atom is -0.279 e. The summed E-state index contributed by atoms with van der Waals surface area (Å²) in [5.74, 6) is 0.549. The van der Waals surface area contributed by atoms with Crippen molar-refractivity contribution in [3.8, 4) is 0 Å². The minimum atomic E-state index is -3.53. The van der Waals surface area contributed by atoms with Gasteiger partial charge in [0.15, 0.2) is 0 Å². The molecule has 1 heterocycles. The molecule has 2 rings (SSSR count). The number of nitrogens with one attached hydrogen (secondary N) is 1. The van der Waals surface area contributed by atoms with Crippen LogP contribution in [0.5, 0.6) is 0 Å². The van der Waals surface area contributed by atoms with E-state index >= 15 is 0 Å². The Bertz CT molecular complexity index is 676. The highest BCUT2D eigenvalue weighted by Gasteiger charge is 2.18. The predicted octanol–water partition coefficient (Wildman–Crippen LogP) is 4.40. The zero-order valence-corrected chi connectivity index (χ0v) is 14.7. The zero-order chi connectivity index (χ0) is 14.8. The van der Waals surface area contributed by atoms with E-state index in [1.54, 1.807) is 18.2 Å². The quantitative estimate of drug-likeness (QED) is 0.764. The lowest BCUT2D eigenvalue weighted by molar-refractivity contribution is 0.603. The first kappa shape index (κ1) is 15.8. The van der Waals surface area contributed by atoms with E-state index in [9.17, 15) is 8.42 Å². The number of sulfonamides is 1. The fraction of sp³-hybridized carbons (Fsp3) is 0.231. The smallest absolute Gasteiger partial charge is 0.271 e. The number of thiophene rings is 1. The van der Waals surface area contributed by atoms with Crippen LogP contribution in [0.4, 0.5) is 5.69 Å². The molecule has 0 aliphatic carbocycles. The van der Waals surface area contributed by atoms with Gasteiger partial charge in [0.25, 0.3) is 10.0 Å². The van der Waals surface area contributed by atoms with Gasteiger partial charge in [-0.05, 0) is 58.6 Å². The molecular formula is C13H13BrClNO2S2. The van der Waals surface area contributed by atoms with Gasteiger partial charge in [-0.1, -0.05) is 12.1 Å². The third-order valence-electron chi connectivity index (χ3n) is 2.69. The van der Waals surface area contributed by atoms with Crippen LogP contribution >= 0.6 is 38.9 Å². The second-order valence-electron chi connectivity index (χ2n) is 4.26. The molecule has 0 bridgehead atoms. The molecule has 0 aliphatic heterocycles. The average molecular weight is 395 g/mol. The molecule has 0 fully saturated rings. The zero-order valence-electron chi connectivity index (χ0n) is 10.7. The molecular weight excluding hydrogens is 382 g/mol. The summed E-state index contributed by atoms with van der Waals surface area (Å²) in [6, 6.07) is 8.88. The summed E-state index contributed by atoms with van der Waals surface area (Å²) in [4.78, 5) is 0. The molecule has 0 amide bonds. The highest BCUT2D eigenvalue weighted by molar-refractivity contribution is 9.11. The minimum absolute atomic E-state index is 0.298. The van der Waals surface area contributed by atoms with Crippen molar-refractivity contribution >= 4 is 54.6 Å². The van der Waals surface area contributed by atoms with E-state index < -0.39 is 10.0 Å². The summed E-state index contributed by atoms with van der Waals surface area (Å²) in [5, 5.41) is 0. The molecule has 1 aromatic carbocycles. The average Bonchev–Trinajstić information content (AvgIpc) is 2.73. The fourth-order valence-electron chi connectivity index (χ4n) is 1.62. The Morgan fingerprint density at radius 2 is 1.95 bits per heavy atom. The Kier molecular flexibility index (Phi) is 5.12. The normalized spacial score (nSPS) is 11.6. The first-order valence-corrected chi connectivity index (χ1v) is 9.49. The number of halogens is 2. The van der Waals surface area contributed by atoms with Crippen molar-refractivity contribution < 1.29 is 8.42 Å². The van der Waals surface area contributed by atoms with Crippen molar-refractivity contribution in [2.24, 2.45) is 0 Å². The van der Waals surface area contributed by atoms with E-state index in [0.717, 1.165) is 21.3 Å². The largest absolute Gasteiger partial charge is 0.279 e. The SMILES string of the molecule is Cc1cc(S(=O)(=O)Nc2ccc(CCCl)cc2)sc1Br. The Morgan fingerprint density at radius 1 is 1.30 bits per heavy atom. The molecule has 20 heavy (non-hydrogen) atoms. The first-order valence-electron chi connectivity index (χ1n) is 5.86. The topological polar surface area (TPSA) is 46.2 Å². The summed E-state index contributed by atoms with van der Waals surface area (Å²) in [7, 11) is -3.53. The molecule has 2 aromatic rings. The summed E-state index contributed by atoms with van der Waals surface area (Å²) < 4.78 is 28.2. The number of benzene rings is 1. The van der Waals surface area contributed by atoms with E-state index in [0.29, 0.717) is 15.8 Å². The van der Waals surface area contributed by atoms with Crippen molar-refractivity contribution in [1.82, 2.24) is 0 Å². The number of alkyl halides is 1. The van der Waals surface area contributed by atoms with Crippen LogP contribution in [0.2, 0.25) is 0 Å².